The van der Waals surface area contributed by atoms with Crippen LogP contribution >= 0.6 is 0 Å². The summed E-state index contributed by atoms with van der Waals surface area (Å²) >= 11 is 0. The van der Waals surface area contributed by atoms with E-state index in [-0.39, 0.29) is 22.6 Å². The molecule has 0 saturated heterocycles. The van der Waals surface area contributed by atoms with Crippen LogP contribution in [-0.4, -0.2) is 41.0 Å². The molecule has 166 valence electrons. The fourth-order valence-electron chi connectivity index (χ4n) is 3.06. The molecule has 1 N–H and O–H groups in total. The molecular formula is C20H21F3N4O4. The van der Waals surface area contributed by atoms with Gasteiger partial charge in [0.15, 0.2) is 11.8 Å². The molecule has 0 radical (unpaired) electrons. The van der Waals surface area contributed by atoms with Crippen molar-refractivity contribution in [3.05, 3.63) is 35.5 Å². The van der Waals surface area contributed by atoms with E-state index in [0.29, 0.717) is 17.2 Å². The van der Waals surface area contributed by atoms with Gasteiger partial charge in [-0.05, 0) is 13.8 Å². The van der Waals surface area contributed by atoms with E-state index in [4.69, 9.17) is 14.2 Å². The molecule has 3 rings (SSSR count). The second-order valence-electron chi connectivity index (χ2n) is 6.76. The van der Waals surface area contributed by atoms with E-state index in [1.807, 2.05) is 0 Å². The molecular weight excluding hydrogens is 417 g/mol. The molecule has 11 heteroatoms. The third-order valence-electron chi connectivity index (χ3n) is 4.54. The molecule has 0 aliphatic rings. The van der Waals surface area contributed by atoms with Gasteiger partial charge in [0.05, 0.1) is 30.9 Å². The number of alkyl halides is 3. The Balaban J connectivity index is 1.87. The minimum absolute atomic E-state index is 0.00691. The Bertz CT molecular complexity index is 1110. The van der Waals surface area contributed by atoms with Gasteiger partial charge in [-0.15, -0.1) is 0 Å². The number of halogens is 3. The van der Waals surface area contributed by atoms with Crippen molar-refractivity contribution in [2.45, 2.75) is 26.1 Å². The van der Waals surface area contributed by atoms with E-state index in [1.165, 1.54) is 39.8 Å². The summed E-state index contributed by atoms with van der Waals surface area (Å²) in [5.41, 5.74) is -0.351. The van der Waals surface area contributed by atoms with E-state index in [2.05, 4.69) is 15.4 Å². The Morgan fingerprint density at radius 1 is 1.13 bits per heavy atom. The molecule has 1 unspecified atom stereocenters. The highest BCUT2D eigenvalue weighted by Crippen LogP contribution is 2.37. The highest BCUT2D eigenvalue weighted by molar-refractivity contribution is 5.94. The fourth-order valence-corrected chi connectivity index (χ4v) is 3.06. The lowest BCUT2D eigenvalue weighted by atomic mass is 10.1. The molecule has 8 nitrogen and oxygen atoms in total. The zero-order valence-electron chi connectivity index (χ0n) is 17.5. The molecule has 0 aliphatic carbocycles. The van der Waals surface area contributed by atoms with E-state index < -0.39 is 23.8 Å². The first kappa shape index (κ1) is 22.2. The lowest BCUT2D eigenvalue weighted by Gasteiger charge is -2.16. The maximum atomic E-state index is 13.6. The third kappa shape index (κ3) is 4.65. The minimum Gasteiger partial charge on any atom is -0.497 e. The van der Waals surface area contributed by atoms with Crippen molar-refractivity contribution in [2.75, 3.05) is 19.5 Å². The molecule has 1 amide bonds. The molecule has 0 bridgehead atoms. The lowest BCUT2D eigenvalue weighted by Crippen LogP contribution is -2.30. The number of benzene rings is 1. The van der Waals surface area contributed by atoms with Crippen LogP contribution < -0.4 is 19.5 Å². The normalized spacial score (nSPS) is 12.5. The Morgan fingerprint density at radius 3 is 2.29 bits per heavy atom. The number of ether oxygens (including phenoxy) is 3. The molecule has 2 aromatic heterocycles. The number of amides is 1. The van der Waals surface area contributed by atoms with Gasteiger partial charge in [-0.25, -0.2) is 0 Å². The second kappa shape index (κ2) is 8.32. The Labute approximate surface area is 175 Å². The molecule has 1 aromatic carbocycles. The lowest BCUT2D eigenvalue weighted by molar-refractivity contribution is -0.136. The summed E-state index contributed by atoms with van der Waals surface area (Å²) < 4.78 is 57.7. The monoisotopic (exact) mass is 438 g/mol. The van der Waals surface area contributed by atoms with Gasteiger partial charge in [0.2, 0.25) is 5.88 Å². The molecule has 31 heavy (non-hydrogen) atoms. The molecule has 0 aliphatic heterocycles. The number of methoxy groups -OCH3 is 2. The van der Waals surface area contributed by atoms with Crippen molar-refractivity contribution in [3.8, 4) is 17.4 Å². The van der Waals surface area contributed by atoms with Gasteiger partial charge in [-0.3, -0.25) is 9.48 Å². The standard InChI is InChI=1S/C20H21F3N4O4/c1-10-17-15(20(21,22)23)9-16(25-18(17)27(3)26-10)31-11(2)19(28)24-12-6-13(29-4)8-14(7-12)30-5/h6-9,11H,1-5H3,(H,24,28). The molecule has 0 saturated carbocycles. The molecule has 0 fully saturated rings. The van der Waals surface area contributed by atoms with Crippen LogP contribution in [0.25, 0.3) is 11.0 Å². The number of nitrogens with one attached hydrogen (secondary N) is 1. The molecule has 0 spiro atoms. The number of hydrogen-bond acceptors (Lipinski definition) is 6. The maximum Gasteiger partial charge on any atom is 0.417 e. The van der Waals surface area contributed by atoms with Crippen LogP contribution in [0.4, 0.5) is 18.9 Å². The number of pyridine rings is 1. The van der Waals surface area contributed by atoms with E-state index in [1.54, 1.807) is 18.2 Å². The number of carbonyl (C=O) groups is 1. The number of fused-ring (bicyclic) bond motifs is 1. The largest absolute Gasteiger partial charge is 0.497 e. The smallest absolute Gasteiger partial charge is 0.417 e. The van der Waals surface area contributed by atoms with Crippen molar-refractivity contribution in [2.24, 2.45) is 7.05 Å². The van der Waals surface area contributed by atoms with Crippen molar-refractivity contribution in [3.63, 3.8) is 0 Å². The number of rotatable bonds is 6. The number of anilines is 1. The SMILES string of the molecule is COc1cc(NC(=O)C(C)Oc2cc(C(F)(F)F)c3c(C)nn(C)c3n2)cc(OC)c1. The predicted molar refractivity (Wildman–Crippen MR) is 107 cm³/mol. The molecule has 2 heterocycles. The van der Waals surface area contributed by atoms with E-state index in [9.17, 15) is 18.0 Å². The van der Waals surface area contributed by atoms with Crippen LogP contribution in [0.1, 0.15) is 18.2 Å². The zero-order valence-corrected chi connectivity index (χ0v) is 17.5. The van der Waals surface area contributed by atoms with Gasteiger partial charge in [0, 0.05) is 37.0 Å². The molecule has 3 aromatic rings. The summed E-state index contributed by atoms with van der Waals surface area (Å²) in [6.45, 7) is 2.87. The summed E-state index contributed by atoms with van der Waals surface area (Å²) in [4.78, 5) is 16.7. The highest BCUT2D eigenvalue weighted by Gasteiger charge is 2.36. The Morgan fingerprint density at radius 2 is 1.74 bits per heavy atom. The van der Waals surface area contributed by atoms with Gasteiger partial charge in [0.25, 0.3) is 5.91 Å². The number of carbonyl (C=O) groups excluding carboxylic acids is 1. The Hall–Kier alpha value is -3.50. The summed E-state index contributed by atoms with van der Waals surface area (Å²) in [5, 5.41) is 6.51. The number of hydrogen-bond donors (Lipinski definition) is 1. The second-order valence-corrected chi connectivity index (χ2v) is 6.76. The van der Waals surface area contributed by atoms with Crippen molar-refractivity contribution in [1.29, 1.82) is 0 Å². The van der Waals surface area contributed by atoms with Crippen molar-refractivity contribution >= 4 is 22.6 Å². The first-order valence-electron chi connectivity index (χ1n) is 9.15. The average Bonchev–Trinajstić information content (AvgIpc) is 2.99. The highest BCUT2D eigenvalue weighted by atomic mass is 19.4. The Kier molecular flexibility index (Phi) is 5.96. The third-order valence-corrected chi connectivity index (χ3v) is 4.54. The van der Waals surface area contributed by atoms with Crippen molar-refractivity contribution < 1.29 is 32.2 Å². The molecule has 1 atom stereocenters. The minimum atomic E-state index is -4.64. The number of nitrogens with zero attached hydrogens (tertiary/aromatic N) is 3. The number of aromatic nitrogens is 3. The van der Waals surface area contributed by atoms with Gasteiger partial charge in [0.1, 0.15) is 11.5 Å². The van der Waals surface area contributed by atoms with Gasteiger partial charge < -0.3 is 19.5 Å². The van der Waals surface area contributed by atoms with Gasteiger partial charge >= 0.3 is 6.18 Å². The zero-order chi connectivity index (χ0) is 22.9. The quantitative estimate of drug-likeness (QED) is 0.631. The van der Waals surface area contributed by atoms with Crippen LogP contribution in [0.2, 0.25) is 0 Å². The summed E-state index contributed by atoms with van der Waals surface area (Å²) in [7, 11) is 4.41. The van der Waals surface area contributed by atoms with Crippen LogP contribution in [0.3, 0.4) is 0 Å². The first-order valence-corrected chi connectivity index (χ1v) is 9.15. The van der Waals surface area contributed by atoms with Crippen LogP contribution in [0.15, 0.2) is 24.3 Å². The van der Waals surface area contributed by atoms with E-state index in [0.717, 1.165) is 6.07 Å². The predicted octanol–water partition coefficient (Wildman–Crippen LogP) is 3.72. The summed E-state index contributed by atoms with van der Waals surface area (Å²) in [6.07, 6.45) is -5.78. The topological polar surface area (TPSA) is 87.5 Å². The van der Waals surface area contributed by atoms with Crippen LogP contribution in [-0.2, 0) is 18.0 Å². The van der Waals surface area contributed by atoms with Crippen LogP contribution in [0.5, 0.6) is 17.4 Å². The first-order chi connectivity index (χ1) is 14.5. The van der Waals surface area contributed by atoms with Crippen molar-refractivity contribution in [1.82, 2.24) is 14.8 Å². The summed E-state index contributed by atoms with van der Waals surface area (Å²) in [6, 6.07) is 5.54. The summed E-state index contributed by atoms with van der Waals surface area (Å²) in [5.74, 6) is -0.0193. The average molecular weight is 438 g/mol. The van der Waals surface area contributed by atoms with E-state index >= 15 is 0 Å². The van der Waals surface area contributed by atoms with Gasteiger partial charge in [-0.1, -0.05) is 0 Å². The number of aryl methyl sites for hydroxylation is 2. The van der Waals surface area contributed by atoms with Gasteiger partial charge in [-0.2, -0.15) is 23.3 Å². The maximum absolute atomic E-state index is 13.6. The fraction of sp³-hybridized carbons (Fsp3) is 0.350. The van der Waals surface area contributed by atoms with Crippen LogP contribution in [0, 0.1) is 6.92 Å².